The topological polar surface area (TPSA) is 121 Å². The van der Waals surface area contributed by atoms with Crippen molar-refractivity contribution in [3.05, 3.63) is 0 Å². The SMILES string of the molecule is NO.O=C(O)CCC(=O)O. The molecule has 0 aliphatic carbocycles. The fourth-order valence-electron chi connectivity index (χ4n) is 0.214. The fraction of sp³-hybridized carbons (Fsp3) is 0.500. The number of rotatable bonds is 3. The number of nitrogens with two attached hydrogens (primary N) is 1. The lowest BCUT2D eigenvalue weighted by molar-refractivity contribution is -0.143. The third-order valence-electron chi connectivity index (χ3n) is 0.553. The molecule has 0 saturated heterocycles. The van der Waals surface area contributed by atoms with Crippen LogP contribution in [0.4, 0.5) is 0 Å². The summed E-state index contributed by atoms with van der Waals surface area (Å²) < 4.78 is 0. The Labute approximate surface area is 56.8 Å². The molecule has 0 aromatic carbocycles. The fourth-order valence-corrected chi connectivity index (χ4v) is 0.214. The highest BCUT2D eigenvalue weighted by molar-refractivity contribution is 5.75. The average Bonchev–Trinajstić information content (AvgIpc) is 1.89. The molecule has 0 aliphatic rings. The molecule has 0 fully saturated rings. The Morgan fingerprint density at radius 3 is 1.30 bits per heavy atom. The van der Waals surface area contributed by atoms with Gasteiger partial charge in [-0.15, -0.1) is 0 Å². The van der Waals surface area contributed by atoms with E-state index in [2.05, 4.69) is 5.90 Å². The summed E-state index contributed by atoms with van der Waals surface area (Å²) in [6, 6.07) is 0. The van der Waals surface area contributed by atoms with E-state index in [1.165, 1.54) is 0 Å². The minimum absolute atomic E-state index is 0.296. The minimum Gasteiger partial charge on any atom is -0.481 e. The van der Waals surface area contributed by atoms with E-state index in [9.17, 15) is 9.59 Å². The van der Waals surface area contributed by atoms with Crippen molar-refractivity contribution >= 4 is 11.9 Å². The van der Waals surface area contributed by atoms with Crippen molar-refractivity contribution in [3.63, 3.8) is 0 Å². The highest BCUT2D eigenvalue weighted by Gasteiger charge is 2.00. The normalized spacial score (nSPS) is 7.40. The largest absolute Gasteiger partial charge is 0.481 e. The van der Waals surface area contributed by atoms with Crippen LogP contribution in [0.2, 0.25) is 0 Å². The first-order valence-corrected chi connectivity index (χ1v) is 2.32. The van der Waals surface area contributed by atoms with E-state index in [0.717, 1.165) is 0 Å². The zero-order valence-corrected chi connectivity index (χ0v) is 5.15. The maximum Gasteiger partial charge on any atom is 0.303 e. The summed E-state index contributed by atoms with van der Waals surface area (Å²) in [6.45, 7) is 0. The molecule has 0 rings (SSSR count). The molecule has 0 aromatic heterocycles. The van der Waals surface area contributed by atoms with Crippen molar-refractivity contribution in [2.75, 3.05) is 0 Å². The summed E-state index contributed by atoms with van der Waals surface area (Å²) in [4.78, 5) is 19.3. The molecule has 6 heteroatoms. The van der Waals surface area contributed by atoms with Crippen molar-refractivity contribution in [3.8, 4) is 0 Å². The van der Waals surface area contributed by atoms with Crippen LogP contribution in [0, 0.1) is 0 Å². The lowest BCUT2D eigenvalue weighted by Crippen LogP contribution is -2.00. The van der Waals surface area contributed by atoms with Gasteiger partial charge in [0, 0.05) is 0 Å². The molecular formula is C4H9NO5. The van der Waals surface area contributed by atoms with Crippen LogP contribution in [0.1, 0.15) is 12.8 Å². The first-order chi connectivity index (χ1) is 4.63. The highest BCUT2D eigenvalue weighted by Crippen LogP contribution is 1.85. The van der Waals surface area contributed by atoms with E-state index in [0.29, 0.717) is 0 Å². The number of carboxylic acid groups (broad SMARTS) is 2. The molecule has 60 valence electrons. The predicted molar refractivity (Wildman–Crippen MR) is 30.5 cm³/mol. The van der Waals surface area contributed by atoms with Crippen LogP contribution in [-0.2, 0) is 9.59 Å². The molecule has 0 heterocycles. The Morgan fingerprint density at radius 2 is 1.20 bits per heavy atom. The minimum atomic E-state index is -1.08. The van der Waals surface area contributed by atoms with Gasteiger partial charge in [0.1, 0.15) is 0 Å². The molecule has 0 aliphatic heterocycles. The zero-order chi connectivity index (χ0) is 8.57. The van der Waals surface area contributed by atoms with Gasteiger partial charge >= 0.3 is 11.9 Å². The molecule has 0 radical (unpaired) electrons. The van der Waals surface area contributed by atoms with Crippen molar-refractivity contribution in [2.24, 2.45) is 5.90 Å². The summed E-state index contributed by atoms with van der Waals surface area (Å²) in [7, 11) is 0. The van der Waals surface area contributed by atoms with Crippen molar-refractivity contribution in [1.29, 1.82) is 0 Å². The number of carbonyl (C=O) groups is 2. The summed E-state index contributed by atoms with van der Waals surface area (Å²) in [5.74, 6) is 1.35. The van der Waals surface area contributed by atoms with E-state index in [4.69, 9.17) is 15.4 Å². The zero-order valence-electron chi connectivity index (χ0n) is 5.15. The van der Waals surface area contributed by atoms with E-state index < -0.39 is 11.9 Å². The van der Waals surface area contributed by atoms with Crippen molar-refractivity contribution in [2.45, 2.75) is 12.8 Å². The van der Waals surface area contributed by atoms with Gasteiger partial charge in [-0.1, -0.05) is 0 Å². The lowest BCUT2D eigenvalue weighted by Gasteiger charge is -1.85. The van der Waals surface area contributed by atoms with E-state index in [1.807, 2.05) is 0 Å². The van der Waals surface area contributed by atoms with Gasteiger partial charge in [0.05, 0.1) is 12.8 Å². The van der Waals surface area contributed by atoms with E-state index in [-0.39, 0.29) is 12.8 Å². The standard InChI is InChI=1S/C4H6O4.H3NO/c5-3(6)1-2-4(7)8;1-2/h1-2H2,(H,5,6)(H,7,8);2H,1H2. The quantitative estimate of drug-likeness (QED) is 0.394. The first-order valence-electron chi connectivity index (χ1n) is 2.32. The van der Waals surface area contributed by atoms with Crippen molar-refractivity contribution in [1.82, 2.24) is 0 Å². The average molecular weight is 151 g/mol. The molecule has 10 heavy (non-hydrogen) atoms. The van der Waals surface area contributed by atoms with Crippen LogP contribution in [0.15, 0.2) is 0 Å². The predicted octanol–water partition coefficient (Wildman–Crippen LogP) is -0.730. The molecule has 6 nitrogen and oxygen atoms in total. The lowest BCUT2D eigenvalue weighted by atomic mass is 10.3. The molecule has 0 bridgehead atoms. The van der Waals surface area contributed by atoms with Gasteiger partial charge in [-0.05, 0) is 0 Å². The molecular weight excluding hydrogens is 142 g/mol. The summed E-state index contributed by atoms with van der Waals surface area (Å²) in [5, 5.41) is 22.3. The number of hydrogen-bond donors (Lipinski definition) is 4. The highest BCUT2D eigenvalue weighted by atomic mass is 16.4. The van der Waals surface area contributed by atoms with Crippen molar-refractivity contribution < 1.29 is 25.0 Å². The Kier molecular flexibility index (Phi) is 9.14. The van der Waals surface area contributed by atoms with Gasteiger partial charge in [-0.2, -0.15) is 0 Å². The third-order valence-corrected chi connectivity index (χ3v) is 0.553. The molecule has 0 aromatic rings. The third kappa shape index (κ3) is 15.8. The molecule has 0 saturated carbocycles. The Hall–Kier alpha value is -1.14. The molecule has 5 N–H and O–H groups in total. The number of aliphatic carboxylic acids is 2. The van der Waals surface area contributed by atoms with Crippen LogP contribution in [0.3, 0.4) is 0 Å². The second-order valence-corrected chi connectivity index (χ2v) is 1.29. The number of carboxylic acids is 2. The van der Waals surface area contributed by atoms with Crippen LogP contribution >= 0.6 is 0 Å². The summed E-state index contributed by atoms with van der Waals surface area (Å²) in [5.41, 5.74) is 0. The maximum atomic E-state index is 9.64. The van der Waals surface area contributed by atoms with Crippen LogP contribution in [0.25, 0.3) is 0 Å². The maximum absolute atomic E-state index is 9.64. The molecule has 0 atom stereocenters. The summed E-state index contributed by atoms with van der Waals surface area (Å²) in [6.07, 6.45) is -0.593. The Bertz CT molecular complexity index is 98.2. The second-order valence-electron chi connectivity index (χ2n) is 1.29. The van der Waals surface area contributed by atoms with Gasteiger partial charge in [0.25, 0.3) is 0 Å². The number of hydrogen-bond acceptors (Lipinski definition) is 4. The Balaban J connectivity index is 0. The van der Waals surface area contributed by atoms with Gasteiger partial charge in [0.2, 0.25) is 0 Å². The molecule has 0 spiro atoms. The van der Waals surface area contributed by atoms with Crippen LogP contribution in [-0.4, -0.2) is 27.4 Å². The van der Waals surface area contributed by atoms with E-state index in [1.54, 1.807) is 0 Å². The van der Waals surface area contributed by atoms with Gasteiger partial charge in [0.15, 0.2) is 0 Å². The van der Waals surface area contributed by atoms with Crippen LogP contribution < -0.4 is 5.90 Å². The second kappa shape index (κ2) is 7.86. The molecule has 0 unspecified atom stereocenters. The Morgan fingerprint density at radius 1 is 1.00 bits per heavy atom. The monoisotopic (exact) mass is 151 g/mol. The van der Waals surface area contributed by atoms with Crippen LogP contribution in [0.5, 0.6) is 0 Å². The smallest absolute Gasteiger partial charge is 0.303 e. The van der Waals surface area contributed by atoms with Gasteiger partial charge < -0.3 is 15.4 Å². The molecule has 0 amide bonds. The van der Waals surface area contributed by atoms with E-state index >= 15 is 0 Å². The first kappa shape index (κ1) is 11.6. The summed E-state index contributed by atoms with van der Waals surface area (Å²) >= 11 is 0. The van der Waals surface area contributed by atoms with Gasteiger partial charge in [-0.25, -0.2) is 5.90 Å². The van der Waals surface area contributed by atoms with Gasteiger partial charge in [-0.3, -0.25) is 9.59 Å².